The molecule has 8 heteroatoms. The van der Waals surface area contributed by atoms with Gasteiger partial charge in [-0.1, -0.05) is 48.5 Å². The third kappa shape index (κ3) is 5.46. The third-order valence-electron chi connectivity index (χ3n) is 5.17. The van der Waals surface area contributed by atoms with Crippen molar-refractivity contribution >= 4 is 34.0 Å². The zero-order valence-electron chi connectivity index (χ0n) is 17.5. The lowest BCUT2D eigenvalue weighted by Crippen LogP contribution is -2.28. The van der Waals surface area contributed by atoms with Gasteiger partial charge in [-0.15, -0.1) is 11.3 Å². The minimum atomic E-state index is -1.01. The summed E-state index contributed by atoms with van der Waals surface area (Å²) in [6.45, 7) is 0.891. The molecule has 4 rings (SSSR count). The molecule has 2 amide bonds. The Morgan fingerprint density at radius 1 is 1.06 bits per heavy atom. The average Bonchev–Trinajstić information content (AvgIpc) is 3.22. The van der Waals surface area contributed by atoms with E-state index in [1.165, 1.54) is 11.3 Å². The molecule has 32 heavy (non-hydrogen) atoms. The number of carbonyl (C=O) groups excluding carboxylic acids is 1. The lowest BCUT2D eigenvalue weighted by molar-refractivity contribution is 0.0344. The number of urea groups is 1. The number of ether oxygens (including phenoxy) is 1. The van der Waals surface area contributed by atoms with Crippen molar-refractivity contribution in [3.8, 4) is 11.1 Å². The molecule has 1 fully saturated rings. The number of thiophene rings is 1. The van der Waals surface area contributed by atoms with Crippen LogP contribution in [0.3, 0.4) is 0 Å². The van der Waals surface area contributed by atoms with Crippen molar-refractivity contribution in [1.82, 2.24) is 5.32 Å². The predicted molar refractivity (Wildman–Crippen MR) is 126 cm³/mol. The molecule has 2 aromatic carbocycles. The summed E-state index contributed by atoms with van der Waals surface area (Å²) in [6, 6.07) is 18.7. The van der Waals surface area contributed by atoms with Gasteiger partial charge in [-0.25, -0.2) is 9.59 Å². The number of nitrogens with one attached hydrogen (secondary N) is 3. The number of amides is 2. The second kappa shape index (κ2) is 10.3. The van der Waals surface area contributed by atoms with Crippen molar-refractivity contribution < 1.29 is 19.4 Å². The Labute approximate surface area is 190 Å². The third-order valence-corrected chi connectivity index (χ3v) is 6.23. The molecule has 3 aromatic rings. The normalized spacial score (nSPS) is 15.7. The minimum Gasteiger partial charge on any atom is -0.478 e. The number of aromatic carboxylic acids is 1. The lowest BCUT2D eigenvalue weighted by atomic mass is 10.0. The number of hydrogen-bond acceptors (Lipinski definition) is 5. The van der Waals surface area contributed by atoms with Gasteiger partial charge in [0.05, 0.1) is 17.8 Å². The summed E-state index contributed by atoms with van der Waals surface area (Å²) >= 11 is 1.32. The Hall–Kier alpha value is -3.36. The second-order valence-corrected chi connectivity index (χ2v) is 8.62. The van der Waals surface area contributed by atoms with Crippen LogP contribution in [0.2, 0.25) is 0 Å². The highest BCUT2D eigenvalue weighted by Crippen LogP contribution is 2.31. The number of carboxylic acids is 1. The SMILES string of the molecule is O=C(NCc1cc(C(=O)O)c(NC2CCCCO2)s1)Nc1ccccc1-c1ccccc1. The van der Waals surface area contributed by atoms with Crippen LogP contribution in [0, 0.1) is 0 Å². The van der Waals surface area contributed by atoms with Gasteiger partial charge in [0.2, 0.25) is 0 Å². The highest BCUT2D eigenvalue weighted by Gasteiger charge is 2.20. The summed E-state index contributed by atoms with van der Waals surface area (Å²) in [5, 5.41) is 19.0. The number of benzene rings is 2. The van der Waals surface area contributed by atoms with Gasteiger partial charge in [-0.3, -0.25) is 0 Å². The van der Waals surface area contributed by atoms with Gasteiger partial charge < -0.3 is 25.8 Å². The van der Waals surface area contributed by atoms with Gasteiger partial charge in [0.15, 0.2) is 0 Å². The van der Waals surface area contributed by atoms with E-state index in [-0.39, 0.29) is 24.4 Å². The van der Waals surface area contributed by atoms with E-state index in [4.69, 9.17) is 4.74 Å². The average molecular weight is 452 g/mol. The molecule has 1 aliphatic heterocycles. The zero-order chi connectivity index (χ0) is 22.3. The van der Waals surface area contributed by atoms with Crippen molar-refractivity contribution in [1.29, 1.82) is 0 Å². The molecule has 0 aliphatic carbocycles. The summed E-state index contributed by atoms with van der Waals surface area (Å²) in [4.78, 5) is 24.9. The molecule has 2 heterocycles. The Balaban J connectivity index is 1.40. The van der Waals surface area contributed by atoms with Crippen LogP contribution < -0.4 is 16.0 Å². The van der Waals surface area contributed by atoms with Crippen molar-refractivity contribution in [2.75, 3.05) is 17.2 Å². The molecular weight excluding hydrogens is 426 g/mol. The van der Waals surface area contributed by atoms with E-state index in [0.717, 1.165) is 35.3 Å². The van der Waals surface area contributed by atoms with Gasteiger partial charge >= 0.3 is 12.0 Å². The van der Waals surface area contributed by atoms with Crippen LogP contribution in [0.25, 0.3) is 11.1 Å². The van der Waals surface area contributed by atoms with E-state index in [9.17, 15) is 14.7 Å². The lowest BCUT2D eigenvalue weighted by Gasteiger charge is -2.23. The molecule has 7 nitrogen and oxygen atoms in total. The van der Waals surface area contributed by atoms with Crippen molar-refractivity contribution in [3.63, 3.8) is 0 Å². The fraction of sp³-hybridized carbons (Fsp3) is 0.250. The fourth-order valence-electron chi connectivity index (χ4n) is 3.59. The van der Waals surface area contributed by atoms with E-state index in [2.05, 4.69) is 16.0 Å². The van der Waals surface area contributed by atoms with E-state index in [0.29, 0.717) is 17.3 Å². The van der Waals surface area contributed by atoms with Crippen LogP contribution in [-0.2, 0) is 11.3 Å². The number of rotatable bonds is 7. The maximum absolute atomic E-state index is 12.5. The first kappa shape index (κ1) is 21.9. The van der Waals surface area contributed by atoms with Crippen LogP contribution in [-0.4, -0.2) is 29.9 Å². The molecule has 0 radical (unpaired) electrons. The summed E-state index contributed by atoms with van der Waals surface area (Å²) in [6.07, 6.45) is 2.73. The Morgan fingerprint density at radius 2 is 1.84 bits per heavy atom. The molecule has 1 saturated heterocycles. The second-order valence-electron chi connectivity index (χ2n) is 7.48. The first-order chi connectivity index (χ1) is 15.6. The van der Waals surface area contributed by atoms with Crippen molar-refractivity contribution in [2.45, 2.75) is 32.0 Å². The van der Waals surface area contributed by atoms with E-state index < -0.39 is 5.97 Å². The molecule has 0 spiro atoms. The van der Waals surface area contributed by atoms with Gasteiger partial charge in [0.25, 0.3) is 0 Å². The minimum absolute atomic E-state index is 0.181. The number of hydrogen-bond donors (Lipinski definition) is 4. The summed E-state index contributed by atoms with van der Waals surface area (Å²) in [5.41, 5.74) is 2.82. The fourth-order valence-corrected chi connectivity index (χ4v) is 4.62. The van der Waals surface area contributed by atoms with Crippen LogP contribution in [0.1, 0.15) is 34.5 Å². The van der Waals surface area contributed by atoms with Crippen molar-refractivity contribution in [3.05, 3.63) is 71.1 Å². The summed E-state index contributed by atoms with van der Waals surface area (Å²) in [5.74, 6) is -1.01. The molecule has 1 unspecified atom stereocenters. The topological polar surface area (TPSA) is 99.7 Å². The maximum atomic E-state index is 12.5. The van der Waals surface area contributed by atoms with Crippen molar-refractivity contribution in [2.24, 2.45) is 0 Å². The zero-order valence-corrected chi connectivity index (χ0v) is 18.3. The molecule has 0 saturated carbocycles. The van der Waals surface area contributed by atoms with Crippen LogP contribution in [0.4, 0.5) is 15.5 Å². The number of para-hydroxylation sites is 1. The molecule has 1 aliphatic rings. The molecule has 0 bridgehead atoms. The summed E-state index contributed by atoms with van der Waals surface area (Å²) < 4.78 is 5.66. The molecule has 4 N–H and O–H groups in total. The highest BCUT2D eigenvalue weighted by molar-refractivity contribution is 7.16. The van der Waals surface area contributed by atoms with E-state index in [1.54, 1.807) is 6.07 Å². The van der Waals surface area contributed by atoms with Crippen LogP contribution >= 0.6 is 11.3 Å². The smallest absolute Gasteiger partial charge is 0.338 e. The molecule has 1 aromatic heterocycles. The number of carbonyl (C=O) groups is 2. The molecular formula is C24H25N3O4S. The van der Waals surface area contributed by atoms with Gasteiger partial charge in [0.1, 0.15) is 11.2 Å². The predicted octanol–water partition coefficient (Wildman–Crippen LogP) is 5.37. The van der Waals surface area contributed by atoms with Gasteiger partial charge in [-0.2, -0.15) is 0 Å². The Bertz CT molecular complexity index is 1080. The first-order valence-corrected chi connectivity index (χ1v) is 11.4. The van der Waals surface area contributed by atoms with Crippen LogP contribution in [0.15, 0.2) is 60.7 Å². The number of anilines is 2. The standard InChI is InChI=1S/C24H25N3O4S/c28-23(29)19-14-17(32-22(19)27-21-12-6-7-13-31-21)15-25-24(30)26-20-11-5-4-10-18(20)16-8-2-1-3-9-16/h1-5,8-11,14,21,27H,6-7,12-13,15H2,(H,28,29)(H2,25,26,30). The quantitative estimate of drug-likeness (QED) is 0.387. The maximum Gasteiger partial charge on any atom is 0.338 e. The summed E-state index contributed by atoms with van der Waals surface area (Å²) in [7, 11) is 0. The highest BCUT2D eigenvalue weighted by atomic mass is 32.1. The Morgan fingerprint density at radius 3 is 2.59 bits per heavy atom. The molecule has 166 valence electrons. The van der Waals surface area contributed by atoms with Gasteiger partial charge in [0, 0.05) is 17.0 Å². The molecule has 1 atom stereocenters. The number of carboxylic acid groups (broad SMARTS) is 1. The van der Waals surface area contributed by atoms with Gasteiger partial charge in [-0.05, 0) is 37.0 Å². The largest absolute Gasteiger partial charge is 0.478 e. The van der Waals surface area contributed by atoms with Crippen LogP contribution in [0.5, 0.6) is 0 Å². The van der Waals surface area contributed by atoms with E-state index >= 15 is 0 Å². The first-order valence-electron chi connectivity index (χ1n) is 10.5. The Kier molecular flexibility index (Phi) is 7.03. The monoisotopic (exact) mass is 451 g/mol. The van der Waals surface area contributed by atoms with E-state index in [1.807, 2.05) is 54.6 Å².